The molecule has 1 N–H and O–H groups in total. The number of fused-ring (bicyclic) bond motifs is 1. The van der Waals surface area contributed by atoms with Crippen LogP contribution in [0.1, 0.15) is 49.0 Å². The Bertz CT molecular complexity index is 1210. The Morgan fingerprint density at radius 2 is 1.88 bits per heavy atom. The number of carbonyl (C=O) groups is 2. The van der Waals surface area contributed by atoms with E-state index in [2.05, 4.69) is 29.4 Å². The van der Waals surface area contributed by atoms with Crippen molar-refractivity contribution in [2.24, 2.45) is 5.92 Å². The van der Waals surface area contributed by atoms with Crippen molar-refractivity contribution >= 4 is 34.5 Å². The van der Waals surface area contributed by atoms with Crippen LogP contribution in [-0.4, -0.2) is 40.8 Å². The molecule has 0 fully saturated rings. The first-order chi connectivity index (χ1) is 16.3. The number of aromatic nitrogens is 2. The number of thioether (sulfide) groups is 1. The van der Waals surface area contributed by atoms with Gasteiger partial charge in [-0.3, -0.25) is 14.2 Å². The molecule has 1 atom stereocenters. The molecule has 0 radical (unpaired) electrons. The summed E-state index contributed by atoms with van der Waals surface area (Å²) in [5.74, 6) is -0.0149. The molecule has 0 aliphatic heterocycles. The number of esters is 1. The highest BCUT2D eigenvalue weighted by Gasteiger charge is 2.17. The molecule has 1 amide bonds. The number of hydrogen-bond acceptors (Lipinski definition) is 6. The van der Waals surface area contributed by atoms with Crippen LogP contribution >= 0.6 is 11.8 Å². The molecule has 0 aliphatic rings. The van der Waals surface area contributed by atoms with Crippen molar-refractivity contribution in [1.29, 1.82) is 0 Å². The van der Waals surface area contributed by atoms with Gasteiger partial charge in [0.15, 0.2) is 5.16 Å². The predicted molar refractivity (Wildman–Crippen MR) is 135 cm³/mol. The topological polar surface area (TPSA) is 90.3 Å². The van der Waals surface area contributed by atoms with E-state index in [1.807, 2.05) is 32.0 Å². The van der Waals surface area contributed by atoms with Gasteiger partial charge in [-0.1, -0.05) is 62.9 Å². The fourth-order valence-electron chi connectivity index (χ4n) is 3.72. The summed E-state index contributed by atoms with van der Waals surface area (Å²) in [5, 5.41) is 3.89. The Morgan fingerprint density at radius 3 is 2.53 bits per heavy atom. The highest BCUT2D eigenvalue weighted by molar-refractivity contribution is 7.99. The third-order valence-corrected chi connectivity index (χ3v) is 6.51. The summed E-state index contributed by atoms with van der Waals surface area (Å²) in [4.78, 5) is 42.4. The molecule has 3 aromatic rings. The van der Waals surface area contributed by atoms with E-state index in [9.17, 15) is 14.4 Å². The molecule has 34 heavy (non-hydrogen) atoms. The van der Waals surface area contributed by atoms with E-state index in [1.54, 1.807) is 22.8 Å². The van der Waals surface area contributed by atoms with E-state index < -0.39 is 5.97 Å². The summed E-state index contributed by atoms with van der Waals surface area (Å²) >= 11 is 1.22. The molecule has 0 spiro atoms. The Morgan fingerprint density at radius 1 is 1.15 bits per heavy atom. The van der Waals surface area contributed by atoms with E-state index in [1.165, 1.54) is 24.4 Å². The third kappa shape index (κ3) is 6.26. The lowest BCUT2D eigenvalue weighted by molar-refractivity contribution is -0.118. The molecule has 1 unspecified atom stereocenters. The summed E-state index contributed by atoms with van der Waals surface area (Å²) in [7, 11) is 1.31. The van der Waals surface area contributed by atoms with Gasteiger partial charge in [-0.2, -0.15) is 0 Å². The lowest BCUT2D eigenvalue weighted by atomic mass is 9.96. The Balaban J connectivity index is 1.79. The fraction of sp³-hybridized carbons (Fsp3) is 0.385. The molecule has 2 aromatic carbocycles. The second-order valence-electron chi connectivity index (χ2n) is 8.54. The molecule has 7 nitrogen and oxygen atoms in total. The van der Waals surface area contributed by atoms with Crippen molar-refractivity contribution in [2.45, 2.75) is 44.8 Å². The quantitative estimate of drug-likeness (QED) is 0.265. The predicted octanol–water partition coefficient (Wildman–Crippen LogP) is 4.24. The van der Waals surface area contributed by atoms with Gasteiger partial charge in [0.25, 0.3) is 5.56 Å². The van der Waals surface area contributed by atoms with Crippen molar-refractivity contribution < 1.29 is 14.3 Å². The second-order valence-corrected chi connectivity index (χ2v) is 9.48. The number of carbonyl (C=O) groups excluding carboxylic acids is 2. The van der Waals surface area contributed by atoms with Gasteiger partial charge in [-0.25, -0.2) is 9.78 Å². The number of methoxy groups -OCH3 is 1. The highest BCUT2D eigenvalue weighted by Crippen LogP contribution is 2.21. The zero-order valence-electron chi connectivity index (χ0n) is 20.0. The van der Waals surface area contributed by atoms with E-state index >= 15 is 0 Å². The lowest BCUT2D eigenvalue weighted by Crippen LogP contribution is -2.30. The minimum Gasteiger partial charge on any atom is -0.465 e. The number of amides is 1. The molecule has 3 rings (SSSR count). The van der Waals surface area contributed by atoms with Crippen molar-refractivity contribution in [1.82, 2.24) is 14.9 Å². The number of nitrogens with one attached hydrogen (secondary N) is 1. The highest BCUT2D eigenvalue weighted by atomic mass is 32.2. The monoisotopic (exact) mass is 481 g/mol. The average molecular weight is 482 g/mol. The maximum atomic E-state index is 13.2. The van der Waals surface area contributed by atoms with Gasteiger partial charge >= 0.3 is 5.97 Å². The van der Waals surface area contributed by atoms with Crippen LogP contribution in [-0.2, 0) is 16.1 Å². The minimum absolute atomic E-state index is 0.117. The van der Waals surface area contributed by atoms with Gasteiger partial charge in [0.2, 0.25) is 5.91 Å². The first kappa shape index (κ1) is 25.5. The molecular formula is C26H31N3O4S. The molecule has 1 aromatic heterocycles. The molecule has 180 valence electrons. The molecule has 0 saturated heterocycles. The summed E-state index contributed by atoms with van der Waals surface area (Å²) in [6.45, 7) is 7.17. The molecule has 1 heterocycles. The van der Waals surface area contributed by atoms with Gasteiger partial charge in [0.05, 0.1) is 29.3 Å². The molecular weight excluding hydrogens is 450 g/mol. The molecule has 8 heteroatoms. The van der Waals surface area contributed by atoms with Crippen LogP contribution in [0.2, 0.25) is 0 Å². The van der Waals surface area contributed by atoms with Crippen LogP contribution in [0, 0.1) is 5.92 Å². The van der Waals surface area contributed by atoms with Gasteiger partial charge in [-0.15, -0.1) is 0 Å². The first-order valence-corrected chi connectivity index (χ1v) is 12.4. The normalized spacial score (nSPS) is 12.0. The van der Waals surface area contributed by atoms with Gasteiger partial charge < -0.3 is 10.1 Å². The van der Waals surface area contributed by atoms with Crippen molar-refractivity contribution in [2.75, 3.05) is 19.4 Å². The fourth-order valence-corrected chi connectivity index (χ4v) is 4.56. The largest absolute Gasteiger partial charge is 0.465 e. The zero-order chi connectivity index (χ0) is 24.7. The standard InChI is InChI=1S/C26H31N3O4S/c1-5-18(19-9-7-6-8-10-19)14-27-23(30)16-34-26-28-22-13-20(25(32)33-4)11-12-21(22)24(31)29(26)15-17(2)3/h6-13,17-18H,5,14-16H2,1-4H3,(H,27,30). The number of hydrogen-bond donors (Lipinski definition) is 1. The average Bonchev–Trinajstić information content (AvgIpc) is 2.84. The zero-order valence-corrected chi connectivity index (χ0v) is 20.9. The van der Waals surface area contributed by atoms with Crippen molar-refractivity contribution in [3.05, 3.63) is 70.0 Å². The molecule has 0 aliphatic carbocycles. The van der Waals surface area contributed by atoms with Crippen molar-refractivity contribution in [3.8, 4) is 0 Å². The molecule has 0 saturated carbocycles. The number of ether oxygens (including phenoxy) is 1. The summed E-state index contributed by atoms with van der Waals surface area (Å²) < 4.78 is 6.39. The first-order valence-electron chi connectivity index (χ1n) is 11.4. The van der Waals surface area contributed by atoms with Crippen molar-refractivity contribution in [3.63, 3.8) is 0 Å². The summed E-state index contributed by atoms with van der Waals surface area (Å²) in [6.07, 6.45) is 0.917. The number of benzene rings is 2. The number of nitrogens with zero attached hydrogens (tertiary/aromatic N) is 2. The Hall–Kier alpha value is -3.13. The second kappa shape index (κ2) is 11.8. The minimum atomic E-state index is -0.493. The summed E-state index contributed by atoms with van der Waals surface area (Å²) in [6, 6.07) is 14.8. The number of rotatable bonds is 10. The van der Waals surface area contributed by atoms with Crippen LogP contribution in [0.4, 0.5) is 0 Å². The van der Waals surface area contributed by atoms with E-state index in [0.29, 0.717) is 34.7 Å². The van der Waals surface area contributed by atoms with Crippen LogP contribution in [0.15, 0.2) is 58.5 Å². The lowest BCUT2D eigenvalue weighted by Gasteiger charge is -2.17. The SMILES string of the molecule is CCC(CNC(=O)CSc1nc2cc(C(=O)OC)ccc2c(=O)n1CC(C)C)c1ccccc1. The summed E-state index contributed by atoms with van der Waals surface area (Å²) in [5.41, 5.74) is 1.74. The smallest absolute Gasteiger partial charge is 0.337 e. The van der Waals surface area contributed by atoms with Gasteiger partial charge in [-0.05, 0) is 36.1 Å². The Labute approximate surface area is 203 Å². The van der Waals surface area contributed by atoms with Crippen LogP contribution < -0.4 is 10.9 Å². The van der Waals surface area contributed by atoms with Crippen LogP contribution in [0.25, 0.3) is 10.9 Å². The van der Waals surface area contributed by atoms with Gasteiger partial charge in [0, 0.05) is 19.0 Å². The van der Waals surface area contributed by atoms with E-state index in [0.717, 1.165) is 6.42 Å². The van der Waals surface area contributed by atoms with Crippen LogP contribution in [0.5, 0.6) is 0 Å². The van der Waals surface area contributed by atoms with E-state index in [-0.39, 0.29) is 29.1 Å². The van der Waals surface area contributed by atoms with E-state index in [4.69, 9.17) is 4.74 Å². The van der Waals surface area contributed by atoms with Gasteiger partial charge in [0.1, 0.15) is 0 Å². The Kier molecular flexibility index (Phi) is 8.87. The molecule has 0 bridgehead atoms. The third-order valence-electron chi connectivity index (χ3n) is 5.53. The van der Waals surface area contributed by atoms with Crippen LogP contribution in [0.3, 0.4) is 0 Å². The maximum Gasteiger partial charge on any atom is 0.337 e. The maximum absolute atomic E-state index is 13.2.